The van der Waals surface area contributed by atoms with Gasteiger partial charge in [0.25, 0.3) is 0 Å². The largest absolute Gasteiger partial charge is 1.00 e. The maximum atomic E-state index is 8.88. The van der Waals surface area contributed by atoms with E-state index in [-0.39, 0.29) is 35.7 Å². The van der Waals surface area contributed by atoms with Crippen molar-refractivity contribution in [3.05, 3.63) is 6.92 Å². The minimum Gasteiger partial charge on any atom is -0.414 e. The van der Waals surface area contributed by atoms with Gasteiger partial charge in [-0.05, 0) is 0 Å². The Kier molecular flexibility index (Phi) is 15.0. The third-order valence-corrected chi connectivity index (χ3v) is 0.402. The van der Waals surface area contributed by atoms with E-state index in [0.29, 0.717) is 0 Å². The molecule has 0 bridgehead atoms. The molecule has 0 aliphatic heterocycles. The van der Waals surface area contributed by atoms with E-state index < -0.39 is 7.82 Å². The van der Waals surface area contributed by atoms with Crippen molar-refractivity contribution in [3.63, 3.8) is 0 Å². The monoisotopic (exact) mass is 194 g/mol. The number of hydrogen-bond donors (Lipinski definition) is 3. The molecule has 0 heterocycles. The zero-order valence-corrected chi connectivity index (χ0v) is 9.78. The molecule has 0 fully saturated rings. The zero-order chi connectivity index (χ0) is 8.78. The molecule has 0 radical (unpaired) electrons. The Balaban J connectivity index is -0.000000107. The van der Waals surface area contributed by atoms with Gasteiger partial charge in [-0.25, -0.2) is 4.57 Å². The zero-order valence-electron chi connectivity index (χ0n) is 6.89. The van der Waals surface area contributed by atoms with Gasteiger partial charge in [0.2, 0.25) is 0 Å². The van der Waals surface area contributed by atoms with Crippen LogP contribution in [0.4, 0.5) is 0 Å². The quantitative estimate of drug-likeness (QED) is 0.234. The first-order valence-electron chi connectivity index (χ1n) is 2.41. The van der Waals surface area contributed by atoms with Gasteiger partial charge in [0.1, 0.15) is 0 Å². The average molecular weight is 194 g/mol. The predicted octanol–water partition coefficient (Wildman–Crippen LogP) is -3.07. The molecular weight excluding hydrogens is 182 g/mol. The van der Waals surface area contributed by atoms with E-state index in [1.807, 2.05) is 6.92 Å². The van der Waals surface area contributed by atoms with Crippen LogP contribution in [0.1, 0.15) is 6.92 Å². The molecule has 0 rings (SSSR count). The second kappa shape index (κ2) is 9.16. The summed E-state index contributed by atoms with van der Waals surface area (Å²) in [5, 5.41) is 0. The smallest absolute Gasteiger partial charge is 0.414 e. The molecule has 0 spiro atoms. The molecule has 7 heteroatoms. The molecule has 11 heavy (non-hydrogen) atoms. The molecule has 0 aromatic heterocycles. The second-order valence-corrected chi connectivity index (χ2v) is 2.59. The summed E-state index contributed by atoms with van der Waals surface area (Å²) in [7, 11) is -3.00. The van der Waals surface area contributed by atoms with E-state index in [0.717, 1.165) is 0 Å². The summed E-state index contributed by atoms with van der Waals surface area (Å²) in [6, 6.07) is 0. The van der Waals surface area contributed by atoms with Crippen LogP contribution in [0, 0.1) is 6.92 Å². The molecule has 0 saturated heterocycles. The first-order chi connectivity index (χ1) is 4.27. The van der Waals surface area contributed by atoms with Gasteiger partial charge in [-0.3, -0.25) is 0 Å². The van der Waals surface area contributed by atoms with Gasteiger partial charge in [0.05, 0.1) is 0 Å². The van der Waals surface area contributed by atoms with Crippen LogP contribution < -0.4 is 29.6 Å². The molecule has 0 saturated carbocycles. The summed E-state index contributed by atoms with van der Waals surface area (Å²) in [4.78, 5) is 21.6. The van der Waals surface area contributed by atoms with Crippen molar-refractivity contribution in [1.82, 2.24) is 0 Å². The van der Waals surface area contributed by atoms with Crippen LogP contribution in [0.25, 0.3) is 0 Å². The van der Waals surface area contributed by atoms with Crippen LogP contribution in [-0.4, -0.2) is 27.9 Å². The van der Waals surface area contributed by atoms with E-state index in [2.05, 4.69) is 11.7 Å². The van der Waals surface area contributed by atoms with Crippen LogP contribution in [0.3, 0.4) is 0 Å². The van der Waals surface area contributed by atoms with Gasteiger partial charge in [-0.2, -0.15) is 0 Å². The van der Waals surface area contributed by atoms with Gasteiger partial charge < -0.3 is 26.3 Å². The fourth-order valence-electron chi connectivity index (χ4n) is 0. The Hall–Kier alpha value is 1.07. The molecule has 5 nitrogen and oxygen atoms in total. The molecule has 0 aliphatic rings. The van der Waals surface area contributed by atoms with Gasteiger partial charge in [-0.1, -0.05) is 13.0 Å². The SMILES string of the molecule is O=P(O)(O)O.[CH2-]C(C)OC.[Na+]. The van der Waals surface area contributed by atoms with E-state index in [1.54, 1.807) is 7.11 Å². The summed E-state index contributed by atoms with van der Waals surface area (Å²) < 4.78 is 13.5. The van der Waals surface area contributed by atoms with Crippen LogP contribution in [-0.2, 0) is 9.30 Å². The number of phosphoric acid groups is 1. The molecule has 64 valence electrons. The van der Waals surface area contributed by atoms with Crippen molar-refractivity contribution >= 4 is 7.82 Å². The molecule has 1 atom stereocenters. The van der Waals surface area contributed by atoms with Crippen LogP contribution in [0.5, 0.6) is 0 Å². The standard InChI is InChI=1S/C4H9O.Na.H3O4P/c1-4(2)5-3;;1-5(2,3)4/h4H,1H2,2-3H3;;(H3,1,2,3,4)/q-1;+1;. The number of methoxy groups -OCH3 is 1. The molecule has 0 aliphatic carbocycles. The number of hydrogen-bond acceptors (Lipinski definition) is 2. The minimum absolute atomic E-state index is 0. The third-order valence-electron chi connectivity index (χ3n) is 0.402. The predicted molar refractivity (Wildman–Crippen MR) is 36.1 cm³/mol. The van der Waals surface area contributed by atoms with Crippen molar-refractivity contribution in [2.45, 2.75) is 13.0 Å². The van der Waals surface area contributed by atoms with E-state index in [4.69, 9.17) is 19.2 Å². The van der Waals surface area contributed by atoms with Gasteiger partial charge in [-0.15, -0.1) is 0 Å². The Bertz CT molecular complexity index is 103. The molecule has 1 unspecified atom stereocenters. The van der Waals surface area contributed by atoms with Gasteiger partial charge >= 0.3 is 37.4 Å². The number of ether oxygens (including phenoxy) is 1. The van der Waals surface area contributed by atoms with Crippen LogP contribution >= 0.6 is 7.82 Å². The fraction of sp³-hybridized carbons (Fsp3) is 0.750. The molecule has 3 N–H and O–H groups in total. The Morgan fingerprint density at radius 1 is 1.45 bits per heavy atom. The normalized spacial score (nSPS) is 12.2. The van der Waals surface area contributed by atoms with Crippen molar-refractivity contribution in [2.75, 3.05) is 7.11 Å². The van der Waals surface area contributed by atoms with E-state index >= 15 is 0 Å². The van der Waals surface area contributed by atoms with Crippen molar-refractivity contribution in [1.29, 1.82) is 0 Å². The van der Waals surface area contributed by atoms with E-state index in [1.165, 1.54) is 0 Å². The number of rotatable bonds is 1. The first-order valence-corrected chi connectivity index (χ1v) is 3.98. The summed E-state index contributed by atoms with van der Waals surface area (Å²) in [5.74, 6) is 0. The molecule has 0 amide bonds. The Labute approximate surface area is 88.3 Å². The van der Waals surface area contributed by atoms with Crippen molar-refractivity contribution in [3.8, 4) is 0 Å². The molecule has 0 aromatic carbocycles. The summed E-state index contributed by atoms with van der Waals surface area (Å²) in [6.45, 7) is 5.42. The average Bonchev–Trinajstić information content (AvgIpc) is 1.61. The summed E-state index contributed by atoms with van der Waals surface area (Å²) in [5.41, 5.74) is 0. The third kappa shape index (κ3) is 96.6. The Morgan fingerprint density at radius 3 is 1.55 bits per heavy atom. The maximum absolute atomic E-state index is 8.88. The summed E-state index contributed by atoms with van der Waals surface area (Å²) >= 11 is 0. The van der Waals surface area contributed by atoms with Crippen LogP contribution in [0.15, 0.2) is 0 Å². The van der Waals surface area contributed by atoms with Crippen LogP contribution in [0.2, 0.25) is 0 Å². The van der Waals surface area contributed by atoms with Crippen molar-refractivity contribution in [2.24, 2.45) is 0 Å². The van der Waals surface area contributed by atoms with E-state index in [9.17, 15) is 0 Å². The summed E-state index contributed by atoms with van der Waals surface area (Å²) in [6.07, 6.45) is 0.134. The van der Waals surface area contributed by atoms with Gasteiger partial charge in [0.15, 0.2) is 0 Å². The van der Waals surface area contributed by atoms with Crippen molar-refractivity contribution < 1.29 is 53.5 Å². The maximum Gasteiger partial charge on any atom is 1.00 e. The topological polar surface area (TPSA) is 87.0 Å². The Morgan fingerprint density at radius 2 is 1.55 bits per heavy atom. The first kappa shape index (κ1) is 18.0. The minimum atomic E-state index is -4.64. The molecule has 0 aromatic rings. The second-order valence-electron chi connectivity index (χ2n) is 1.56. The molecular formula is C4H12NaO5P. The van der Waals surface area contributed by atoms with Gasteiger partial charge in [0, 0.05) is 7.11 Å². The fourth-order valence-corrected chi connectivity index (χ4v) is 0.